The van der Waals surface area contributed by atoms with Crippen molar-refractivity contribution in [2.75, 3.05) is 18.1 Å². The lowest BCUT2D eigenvalue weighted by Gasteiger charge is -2.27. The summed E-state index contributed by atoms with van der Waals surface area (Å²) in [5.74, 6) is 0.419. The molecule has 0 saturated heterocycles. The van der Waals surface area contributed by atoms with Crippen LogP contribution in [0.15, 0.2) is 24.4 Å². The van der Waals surface area contributed by atoms with E-state index >= 15 is 0 Å². The molecule has 1 rings (SSSR count). The van der Waals surface area contributed by atoms with E-state index in [2.05, 4.69) is 9.88 Å². The highest BCUT2D eigenvalue weighted by molar-refractivity contribution is 7.91. The first-order valence-electron chi connectivity index (χ1n) is 6.33. The van der Waals surface area contributed by atoms with Gasteiger partial charge < -0.3 is 0 Å². The Morgan fingerprint density at radius 1 is 1.33 bits per heavy atom. The highest BCUT2D eigenvalue weighted by Gasteiger charge is 2.19. The maximum atomic E-state index is 11.6. The number of rotatable bonds is 7. The van der Waals surface area contributed by atoms with Crippen molar-refractivity contribution < 1.29 is 8.42 Å². The first-order valence-corrected chi connectivity index (χ1v) is 8.15. The molecule has 0 saturated carbocycles. The van der Waals surface area contributed by atoms with Crippen LogP contribution in [0.4, 0.5) is 0 Å². The standard InChI is InChI=1S/C13H22N2O2S/c1-4-15(10-13-8-6-7-9-14-13)12(3)11-18(16,17)5-2/h6-9,12H,4-5,10-11H2,1-3H3/t12-/m1/s1. The molecule has 0 spiro atoms. The molecule has 1 aromatic heterocycles. The highest BCUT2D eigenvalue weighted by atomic mass is 32.2. The summed E-state index contributed by atoms with van der Waals surface area (Å²) in [7, 11) is -2.93. The van der Waals surface area contributed by atoms with Crippen LogP contribution >= 0.6 is 0 Å². The molecule has 18 heavy (non-hydrogen) atoms. The molecule has 1 heterocycles. The predicted octanol–water partition coefficient (Wildman–Crippen LogP) is 1.73. The third kappa shape index (κ3) is 4.74. The molecule has 0 aliphatic heterocycles. The van der Waals surface area contributed by atoms with Gasteiger partial charge in [-0.3, -0.25) is 9.88 Å². The highest BCUT2D eigenvalue weighted by Crippen LogP contribution is 2.08. The second-order valence-electron chi connectivity index (χ2n) is 4.43. The van der Waals surface area contributed by atoms with Crippen LogP contribution in [0, 0.1) is 0 Å². The molecule has 0 unspecified atom stereocenters. The summed E-state index contributed by atoms with van der Waals surface area (Å²) in [6.07, 6.45) is 1.76. The Labute approximate surface area is 110 Å². The normalized spacial score (nSPS) is 13.8. The van der Waals surface area contributed by atoms with Crippen molar-refractivity contribution in [3.8, 4) is 0 Å². The fourth-order valence-electron chi connectivity index (χ4n) is 1.87. The van der Waals surface area contributed by atoms with Crippen molar-refractivity contribution >= 4 is 9.84 Å². The van der Waals surface area contributed by atoms with Gasteiger partial charge in [-0.1, -0.05) is 19.9 Å². The molecule has 0 aliphatic carbocycles. The summed E-state index contributed by atoms with van der Waals surface area (Å²) in [5, 5.41) is 0. The zero-order valence-corrected chi connectivity index (χ0v) is 12.2. The van der Waals surface area contributed by atoms with Crippen LogP contribution < -0.4 is 0 Å². The molecule has 0 fully saturated rings. The van der Waals surface area contributed by atoms with Crippen molar-refractivity contribution in [3.63, 3.8) is 0 Å². The van der Waals surface area contributed by atoms with Gasteiger partial charge in [0.25, 0.3) is 0 Å². The Kier molecular flexibility index (Phi) is 5.75. The smallest absolute Gasteiger partial charge is 0.151 e. The van der Waals surface area contributed by atoms with E-state index in [4.69, 9.17) is 0 Å². The minimum absolute atomic E-state index is 0.0157. The van der Waals surface area contributed by atoms with Gasteiger partial charge in [-0.15, -0.1) is 0 Å². The lowest BCUT2D eigenvalue weighted by Crippen LogP contribution is -2.38. The van der Waals surface area contributed by atoms with E-state index in [1.165, 1.54) is 0 Å². The predicted molar refractivity (Wildman–Crippen MR) is 74.1 cm³/mol. The van der Waals surface area contributed by atoms with Crippen LogP contribution in [0.25, 0.3) is 0 Å². The van der Waals surface area contributed by atoms with Crippen LogP contribution in [0.5, 0.6) is 0 Å². The van der Waals surface area contributed by atoms with Gasteiger partial charge in [0, 0.05) is 24.5 Å². The quantitative estimate of drug-likeness (QED) is 0.757. The fraction of sp³-hybridized carbons (Fsp3) is 0.615. The molecule has 0 radical (unpaired) electrons. The van der Waals surface area contributed by atoms with Crippen LogP contribution in [0.3, 0.4) is 0 Å². The minimum Gasteiger partial charge on any atom is -0.294 e. The summed E-state index contributed by atoms with van der Waals surface area (Å²) in [5.41, 5.74) is 0.972. The summed E-state index contributed by atoms with van der Waals surface area (Å²) in [6, 6.07) is 5.81. The average Bonchev–Trinajstić information content (AvgIpc) is 2.36. The summed E-state index contributed by atoms with van der Waals surface area (Å²) in [6.45, 7) is 7.20. The number of sulfone groups is 1. The monoisotopic (exact) mass is 270 g/mol. The topological polar surface area (TPSA) is 50.3 Å². The maximum Gasteiger partial charge on any atom is 0.151 e. The maximum absolute atomic E-state index is 11.6. The molecular formula is C13H22N2O2S. The van der Waals surface area contributed by atoms with Gasteiger partial charge in [0.05, 0.1) is 11.4 Å². The number of nitrogens with zero attached hydrogens (tertiary/aromatic N) is 2. The molecular weight excluding hydrogens is 248 g/mol. The third-order valence-corrected chi connectivity index (χ3v) is 4.93. The van der Waals surface area contributed by atoms with E-state index in [0.717, 1.165) is 12.2 Å². The second kappa shape index (κ2) is 6.85. The van der Waals surface area contributed by atoms with E-state index in [1.54, 1.807) is 13.1 Å². The lowest BCUT2D eigenvalue weighted by molar-refractivity contribution is 0.224. The Balaban J connectivity index is 2.66. The number of hydrogen-bond donors (Lipinski definition) is 0. The van der Waals surface area contributed by atoms with E-state index < -0.39 is 9.84 Å². The number of hydrogen-bond acceptors (Lipinski definition) is 4. The molecule has 5 heteroatoms. The van der Waals surface area contributed by atoms with Gasteiger partial charge in [-0.25, -0.2) is 8.42 Å². The SMILES string of the molecule is CCN(Cc1ccccn1)[C@H](C)CS(=O)(=O)CC. The minimum atomic E-state index is -2.93. The zero-order chi connectivity index (χ0) is 13.6. The van der Waals surface area contributed by atoms with Crippen LogP contribution in [0.2, 0.25) is 0 Å². The largest absolute Gasteiger partial charge is 0.294 e. The van der Waals surface area contributed by atoms with Crippen molar-refractivity contribution in [2.45, 2.75) is 33.4 Å². The van der Waals surface area contributed by atoms with Crippen molar-refractivity contribution in [2.24, 2.45) is 0 Å². The molecule has 1 aromatic rings. The second-order valence-corrected chi connectivity index (χ2v) is 6.83. The van der Waals surface area contributed by atoms with E-state index in [1.807, 2.05) is 32.0 Å². The third-order valence-electron chi connectivity index (χ3n) is 3.06. The van der Waals surface area contributed by atoms with Gasteiger partial charge in [0.1, 0.15) is 0 Å². The van der Waals surface area contributed by atoms with Gasteiger partial charge in [-0.05, 0) is 25.6 Å². The molecule has 0 bridgehead atoms. The van der Waals surface area contributed by atoms with Gasteiger partial charge >= 0.3 is 0 Å². The number of aromatic nitrogens is 1. The van der Waals surface area contributed by atoms with Crippen molar-refractivity contribution in [3.05, 3.63) is 30.1 Å². The Morgan fingerprint density at radius 3 is 2.56 bits per heavy atom. The van der Waals surface area contributed by atoms with E-state index in [-0.39, 0.29) is 17.5 Å². The average molecular weight is 270 g/mol. The Hall–Kier alpha value is -0.940. The zero-order valence-electron chi connectivity index (χ0n) is 11.3. The molecule has 0 aliphatic rings. The molecule has 0 aromatic carbocycles. The summed E-state index contributed by atoms with van der Waals surface area (Å²) < 4.78 is 23.3. The van der Waals surface area contributed by atoms with Gasteiger partial charge in [0.15, 0.2) is 9.84 Å². The number of pyridine rings is 1. The molecule has 4 nitrogen and oxygen atoms in total. The van der Waals surface area contributed by atoms with Crippen LogP contribution in [0.1, 0.15) is 26.5 Å². The molecule has 0 amide bonds. The molecule has 1 atom stereocenters. The van der Waals surface area contributed by atoms with Crippen molar-refractivity contribution in [1.82, 2.24) is 9.88 Å². The Bertz CT molecular complexity index is 445. The van der Waals surface area contributed by atoms with E-state index in [0.29, 0.717) is 6.54 Å². The molecule has 0 N–H and O–H groups in total. The van der Waals surface area contributed by atoms with Crippen molar-refractivity contribution in [1.29, 1.82) is 0 Å². The summed E-state index contributed by atoms with van der Waals surface area (Å²) >= 11 is 0. The van der Waals surface area contributed by atoms with Gasteiger partial charge in [0.2, 0.25) is 0 Å². The van der Waals surface area contributed by atoms with E-state index in [9.17, 15) is 8.42 Å². The van der Waals surface area contributed by atoms with Gasteiger partial charge in [-0.2, -0.15) is 0 Å². The lowest BCUT2D eigenvalue weighted by atomic mass is 10.2. The van der Waals surface area contributed by atoms with Crippen LogP contribution in [-0.2, 0) is 16.4 Å². The first kappa shape index (κ1) is 15.1. The Morgan fingerprint density at radius 2 is 2.06 bits per heavy atom. The van der Waals surface area contributed by atoms with Crippen LogP contribution in [-0.4, -0.2) is 42.4 Å². The fourth-order valence-corrected chi connectivity index (χ4v) is 3.05. The molecule has 102 valence electrons. The first-order chi connectivity index (χ1) is 8.48. The summed E-state index contributed by atoms with van der Waals surface area (Å²) in [4.78, 5) is 6.41.